The fraction of sp³-hybridized carbons (Fsp3) is 0.375. The molecule has 1 N–H and O–H groups in total. The molecule has 3 aromatic rings. The van der Waals surface area contributed by atoms with Crippen LogP contribution in [0.4, 0.5) is 0 Å². The molecule has 0 aromatic carbocycles. The molecule has 9 heteroatoms. The number of aromatic nitrogens is 4. The van der Waals surface area contributed by atoms with Gasteiger partial charge in [-0.1, -0.05) is 11.8 Å². The number of aliphatic hydroxyl groups excluding tert-OH is 1. The third-order valence-corrected chi connectivity index (χ3v) is 6.06. The molecule has 0 unspecified atom stereocenters. The molecular weight excluding hydrogens is 358 g/mol. The number of carbonyl (C=O) groups is 1. The number of carbonyl (C=O) groups excluding carboxylic acids is 1. The van der Waals surface area contributed by atoms with Crippen molar-refractivity contribution in [3.63, 3.8) is 0 Å². The zero-order valence-electron chi connectivity index (χ0n) is 13.7. The molecule has 0 saturated carbocycles. The summed E-state index contributed by atoms with van der Waals surface area (Å²) in [5.41, 5.74) is 1.61. The van der Waals surface area contributed by atoms with E-state index in [0.29, 0.717) is 31.1 Å². The van der Waals surface area contributed by atoms with Gasteiger partial charge in [0.2, 0.25) is 5.91 Å². The average Bonchev–Trinajstić information content (AvgIpc) is 3.20. The van der Waals surface area contributed by atoms with Crippen LogP contribution in [0, 0.1) is 6.92 Å². The van der Waals surface area contributed by atoms with Crippen LogP contribution in [0.5, 0.6) is 0 Å². The van der Waals surface area contributed by atoms with E-state index in [0.717, 1.165) is 20.9 Å². The summed E-state index contributed by atoms with van der Waals surface area (Å²) in [5, 5.41) is 15.4. The van der Waals surface area contributed by atoms with Gasteiger partial charge >= 0.3 is 0 Å². The van der Waals surface area contributed by atoms with Crippen LogP contribution in [0.15, 0.2) is 23.5 Å². The summed E-state index contributed by atoms with van der Waals surface area (Å²) in [4.78, 5) is 25.2. The highest BCUT2D eigenvalue weighted by molar-refractivity contribution is 8.00. The lowest BCUT2D eigenvalue weighted by Gasteiger charge is -2.27. The van der Waals surface area contributed by atoms with Gasteiger partial charge in [0.1, 0.15) is 16.2 Å². The summed E-state index contributed by atoms with van der Waals surface area (Å²) < 4.78 is 1.87. The minimum atomic E-state index is -0.0758. The average molecular weight is 375 g/mol. The summed E-state index contributed by atoms with van der Waals surface area (Å²) >= 11 is 3.09. The lowest BCUT2D eigenvalue weighted by atomic mass is 10.3. The lowest BCUT2D eigenvalue weighted by Crippen LogP contribution is -2.39. The summed E-state index contributed by atoms with van der Waals surface area (Å²) in [7, 11) is 0. The monoisotopic (exact) mass is 375 g/mol. The van der Waals surface area contributed by atoms with Crippen molar-refractivity contribution in [3.05, 3.63) is 34.7 Å². The second-order valence-electron chi connectivity index (χ2n) is 5.87. The van der Waals surface area contributed by atoms with Gasteiger partial charge in [0.05, 0.1) is 36.8 Å². The highest BCUT2D eigenvalue weighted by atomic mass is 32.2. The normalized spacial score (nSPS) is 14.1. The predicted molar refractivity (Wildman–Crippen MR) is 96.4 cm³/mol. The van der Waals surface area contributed by atoms with Gasteiger partial charge in [-0.05, 0) is 19.1 Å². The van der Waals surface area contributed by atoms with E-state index in [4.69, 9.17) is 0 Å². The van der Waals surface area contributed by atoms with Crippen molar-refractivity contribution in [1.29, 1.82) is 0 Å². The molecule has 4 rings (SSSR count). The van der Waals surface area contributed by atoms with Crippen molar-refractivity contribution in [3.8, 4) is 0 Å². The first kappa shape index (κ1) is 16.5. The predicted octanol–water partition coefficient (Wildman–Crippen LogP) is 1.82. The minimum Gasteiger partial charge on any atom is -0.390 e. The fourth-order valence-electron chi connectivity index (χ4n) is 2.91. The number of hydrogen-bond donors (Lipinski definition) is 1. The molecule has 1 aliphatic heterocycles. The van der Waals surface area contributed by atoms with E-state index in [1.807, 2.05) is 22.6 Å². The highest BCUT2D eigenvalue weighted by Gasteiger charge is 2.22. The van der Waals surface area contributed by atoms with Crippen molar-refractivity contribution >= 4 is 39.2 Å². The SMILES string of the molecule is Cc1cc2c(SCC(=O)N3CCn4nc(CO)cc4C3)ncnc2s1. The van der Waals surface area contributed by atoms with E-state index < -0.39 is 0 Å². The van der Waals surface area contributed by atoms with Crippen LogP contribution >= 0.6 is 23.1 Å². The number of thioether (sulfide) groups is 1. The molecule has 0 fully saturated rings. The van der Waals surface area contributed by atoms with E-state index in [-0.39, 0.29) is 12.5 Å². The van der Waals surface area contributed by atoms with Crippen molar-refractivity contribution < 1.29 is 9.90 Å². The molecule has 1 amide bonds. The van der Waals surface area contributed by atoms with E-state index in [1.54, 1.807) is 17.7 Å². The maximum Gasteiger partial charge on any atom is 0.233 e. The standard InChI is InChI=1S/C16H17N5O2S2/c1-10-4-13-15(17-9-18-16(13)25-10)24-8-14(23)20-2-3-21-12(6-20)5-11(7-22)19-21/h4-5,9,22H,2-3,6-8H2,1H3. The van der Waals surface area contributed by atoms with Crippen LogP contribution < -0.4 is 0 Å². The molecule has 0 atom stereocenters. The number of aliphatic hydroxyl groups is 1. The van der Waals surface area contributed by atoms with Crippen LogP contribution in [0.3, 0.4) is 0 Å². The second-order valence-corrected chi connectivity index (χ2v) is 8.07. The number of aryl methyl sites for hydroxylation is 1. The van der Waals surface area contributed by atoms with Crippen LogP contribution in [0.1, 0.15) is 16.3 Å². The molecule has 1 aliphatic rings. The molecule has 0 aliphatic carbocycles. The Kier molecular flexibility index (Phi) is 4.45. The van der Waals surface area contributed by atoms with Crippen molar-refractivity contribution in [2.24, 2.45) is 0 Å². The van der Waals surface area contributed by atoms with Gasteiger partial charge in [0, 0.05) is 16.8 Å². The third-order valence-electron chi connectivity index (χ3n) is 4.11. The molecule has 25 heavy (non-hydrogen) atoms. The largest absolute Gasteiger partial charge is 0.390 e. The summed E-state index contributed by atoms with van der Waals surface area (Å²) in [6.45, 7) is 3.79. The third kappa shape index (κ3) is 3.26. The number of nitrogens with zero attached hydrogens (tertiary/aromatic N) is 5. The molecule has 0 radical (unpaired) electrons. The van der Waals surface area contributed by atoms with E-state index in [1.165, 1.54) is 16.6 Å². The first-order chi connectivity index (χ1) is 12.1. The van der Waals surface area contributed by atoms with E-state index in [9.17, 15) is 9.90 Å². The first-order valence-corrected chi connectivity index (χ1v) is 9.72. The topological polar surface area (TPSA) is 84.1 Å². The molecule has 4 heterocycles. The molecule has 3 aromatic heterocycles. The fourth-order valence-corrected chi connectivity index (χ4v) is 4.69. The second kappa shape index (κ2) is 6.74. The maximum atomic E-state index is 12.6. The van der Waals surface area contributed by atoms with Gasteiger partial charge in [-0.25, -0.2) is 9.97 Å². The van der Waals surface area contributed by atoms with Crippen molar-refractivity contribution in [1.82, 2.24) is 24.6 Å². The van der Waals surface area contributed by atoms with Crippen LogP contribution in [-0.2, 0) is 24.5 Å². The van der Waals surface area contributed by atoms with Gasteiger partial charge in [-0.2, -0.15) is 5.10 Å². The van der Waals surface area contributed by atoms with Gasteiger partial charge in [0.15, 0.2) is 0 Å². The number of thiophene rings is 1. The highest BCUT2D eigenvalue weighted by Crippen LogP contribution is 2.30. The lowest BCUT2D eigenvalue weighted by molar-refractivity contribution is -0.129. The number of fused-ring (bicyclic) bond motifs is 2. The Hall–Kier alpha value is -1.97. The molecule has 0 bridgehead atoms. The summed E-state index contributed by atoms with van der Waals surface area (Å²) in [6, 6.07) is 3.93. The molecular formula is C16H17N5O2S2. The zero-order valence-corrected chi connectivity index (χ0v) is 15.3. The Labute approximate surface area is 152 Å². The van der Waals surface area contributed by atoms with Crippen LogP contribution in [0.25, 0.3) is 10.2 Å². The van der Waals surface area contributed by atoms with Gasteiger partial charge < -0.3 is 10.0 Å². The summed E-state index contributed by atoms with van der Waals surface area (Å²) in [6.07, 6.45) is 1.56. The Bertz CT molecular complexity index is 936. The van der Waals surface area contributed by atoms with Crippen molar-refractivity contribution in [2.45, 2.75) is 31.6 Å². The number of hydrogen-bond acceptors (Lipinski definition) is 7. The number of amides is 1. The van der Waals surface area contributed by atoms with E-state index >= 15 is 0 Å². The van der Waals surface area contributed by atoms with Gasteiger partial charge in [-0.3, -0.25) is 9.48 Å². The Morgan fingerprint density at radius 1 is 1.36 bits per heavy atom. The maximum absolute atomic E-state index is 12.6. The van der Waals surface area contributed by atoms with Crippen molar-refractivity contribution in [2.75, 3.05) is 12.3 Å². The molecule has 0 saturated heterocycles. The first-order valence-electron chi connectivity index (χ1n) is 7.92. The quantitative estimate of drug-likeness (QED) is 0.553. The van der Waals surface area contributed by atoms with Crippen LogP contribution in [-0.4, -0.2) is 48.0 Å². The smallest absolute Gasteiger partial charge is 0.233 e. The van der Waals surface area contributed by atoms with Gasteiger partial charge in [-0.15, -0.1) is 11.3 Å². The molecule has 0 spiro atoms. The zero-order chi connectivity index (χ0) is 17.4. The number of rotatable bonds is 4. The Balaban J connectivity index is 1.44. The van der Waals surface area contributed by atoms with Crippen LogP contribution in [0.2, 0.25) is 0 Å². The molecule has 130 valence electrons. The summed E-state index contributed by atoms with van der Waals surface area (Å²) in [5.74, 6) is 0.434. The Morgan fingerprint density at radius 2 is 2.24 bits per heavy atom. The van der Waals surface area contributed by atoms with E-state index in [2.05, 4.69) is 21.1 Å². The minimum absolute atomic E-state index is 0.0758. The van der Waals surface area contributed by atoms with Gasteiger partial charge in [0.25, 0.3) is 0 Å². The Morgan fingerprint density at radius 3 is 3.08 bits per heavy atom. The molecule has 7 nitrogen and oxygen atoms in total.